The lowest BCUT2D eigenvalue weighted by molar-refractivity contribution is -0.137. The van der Waals surface area contributed by atoms with E-state index < -0.39 is 11.7 Å². The molecule has 1 aliphatic heterocycles. The summed E-state index contributed by atoms with van der Waals surface area (Å²) in [6.07, 6.45) is -3.73. The van der Waals surface area contributed by atoms with E-state index in [0.29, 0.717) is 18.5 Å². The number of nitrogens with zero attached hydrogens (tertiary/aromatic N) is 1. The molecule has 0 aromatic heterocycles. The number of alkyl halides is 3. The highest BCUT2D eigenvalue weighted by Gasteiger charge is 2.35. The van der Waals surface area contributed by atoms with Crippen molar-refractivity contribution in [1.82, 2.24) is 4.90 Å². The summed E-state index contributed by atoms with van der Waals surface area (Å²) in [4.78, 5) is 1.94. The molecular weight excluding hydrogens is 257 g/mol. The summed E-state index contributed by atoms with van der Waals surface area (Å²) in [5.74, 6) is 0.159. The van der Waals surface area contributed by atoms with Gasteiger partial charge in [-0.05, 0) is 44.1 Å². The van der Waals surface area contributed by atoms with Crippen LogP contribution in [0.4, 0.5) is 13.2 Å². The minimum Gasteiger partial charge on any atom is -0.508 e. The number of halogens is 3. The lowest BCUT2D eigenvalue weighted by Crippen LogP contribution is -2.21. The summed E-state index contributed by atoms with van der Waals surface area (Å²) in [5.41, 5.74) is 5.20. The van der Waals surface area contributed by atoms with Crippen LogP contribution in [0.15, 0.2) is 18.2 Å². The Morgan fingerprint density at radius 3 is 2.63 bits per heavy atom. The number of aromatic hydroxyl groups is 1. The van der Waals surface area contributed by atoms with Gasteiger partial charge in [-0.1, -0.05) is 0 Å². The van der Waals surface area contributed by atoms with E-state index in [-0.39, 0.29) is 17.7 Å². The molecule has 0 spiro atoms. The first-order chi connectivity index (χ1) is 8.82. The van der Waals surface area contributed by atoms with Gasteiger partial charge in [-0.15, -0.1) is 0 Å². The van der Waals surface area contributed by atoms with Gasteiger partial charge in [0.15, 0.2) is 0 Å². The van der Waals surface area contributed by atoms with Crippen molar-refractivity contribution >= 4 is 0 Å². The molecule has 106 valence electrons. The van der Waals surface area contributed by atoms with E-state index in [0.717, 1.165) is 24.7 Å². The lowest BCUT2D eigenvalue weighted by Gasteiger charge is -2.21. The van der Waals surface area contributed by atoms with E-state index in [9.17, 15) is 18.3 Å². The van der Waals surface area contributed by atoms with Crippen molar-refractivity contribution in [3.8, 4) is 5.75 Å². The Bertz CT molecular complexity index is 462. The number of hydrogen-bond acceptors (Lipinski definition) is 3. The van der Waals surface area contributed by atoms with Gasteiger partial charge in [0.25, 0.3) is 0 Å². The summed E-state index contributed by atoms with van der Waals surface area (Å²) >= 11 is 0. The highest BCUT2D eigenvalue weighted by Crippen LogP contribution is 2.40. The second-order valence-corrected chi connectivity index (χ2v) is 5.06. The van der Waals surface area contributed by atoms with E-state index in [1.807, 2.05) is 11.9 Å². The second-order valence-electron chi connectivity index (χ2n) is 5.06. The maximum atomic E-state index is 12.7. The smallest absolute Gasteiger partial charge is 0.416 e. The van der Waals surface area contributed by atoms with Crippen molar-refractivity contribution < 1.29 is 18.3 Å². The number of hydrogen-bond donors (Lipinski definition) is 2. The van der Waals surface area contributed by atoms with Crippen LogP contribution in [0.3, 0.4) is 0 Å². The predicted octanol–water partition coefficient (Wildman–Crippen LogP) is 2.36. The van der Waals surface area contributed by atoms with Gasteiger partial charge in [0.05, 0.1) is 5.56 Å². The Morgan fingerprint density at radius 1 is 1.42 bits per heavy atom. The second kappa shape index (κ2) is 5.02. The molecule has 2 rings (SSSR count). The molecule has 2 atom stereocenters. The molecule has 1 aromatic rings. The van der Waals surface area contributed by atoms with Gasteiger partial charge in [0, 0.05) is 18.2 Å². The number of rotatable bonds is 2. The molecule has 0 aliphatic carbocycles. The number of benzene rings is 1. The van der Waals surface area contributed by atoms with Crippen molar-refractivity contribution in [3.63, 3.8) is 0 Å². The average molecular weight is 274 g/mol. The van der Waals surface area contributed by atoms with Crippen molar-refractivity contribution in [2.45, 2.75) is 18.6 Å². The third-order valence-corrected chi connectivity index (χ3v) is 3.68. The molecule has 19 heavy (non-hydrogen) atoms. The molecule has 0 amide bonds. The van der Waals surface area contributed by atoms with Crippen LogP contribution >= 0.6 is 0 Å². The fourth-order valence-corrected chi connectivity index (χ4v) is 2.64. The third kappa shape index (κ3) is 2.84. The van der Waals surface area contributed by atoms with E-state index in [1.165, 1.54) is 0 Å². The first-order valence-electron chi connectivity index (χ1n) is 6.13. The Balaban J connectivity index is 2.34. The molecule has 2 unspecified atom stereocenters. The Labute approximate surface area is 109 Å². The molecule has 1 saturated heterocycles. The topological polar surface area (TPSA) is 49.5 Å². The maximum absolute atomic E-state index is 12.7. The molecule has 0 saturated carbocycles. The van der Waals surface area contributed by atoms with Crippen LogP contribution in [0.25, 0.3) is 0 Å². The molecule has 3 nitrogen and oxygen atoms in total. The van der Waals surface area contributed by atoms with Crippen LogP contribution in [-0.4, -0.2) is 30.1 Å². The van der Waals surface area contributed by atoms with Crippen LogP contribution in [0.1, 0.15) is 23.6 Å². The highest BCUT2D eigenvalue weighted by atomic mass is 19.4. The van der Waals surface area contributed by atoms with Crippen LogP contribution in [0.2, 0.25) is 0 Å². The summed E-state index contributed by atoms with van der Waals surface area (Å²) in [6, 6.07) is 2.83. The molecule has 3 N–H and O–H groups in total. The van der Waals surface area contributed by atoms with E-state index in [1.54, 1.807) is 0 Å². The van der Waals surface area contributed by atoms with Crippen molar-refractivity contribution in [1.29, 1.82) is 0 Å². The van der Waals surface area contributed by atoms with Crippen molar-refractivity contribution in [2.24, 2.45) is 11.7 Å². The van der Waals surface area contributed by atoms with Crippen molar-refractivity contribution in [3.05, 3.63) is 29.3 Å². The Morgan fingerprint density at radius 2 is 2.11 bits per heavy atom. The first kappa shape index (κ1) is 14.1. The minimum atomic E-state index is -4.40. The van der Waals surface area contributed by atoms with Crippen LogP contribution in [0, 0.1) is 5.92 Å². The lowest BCUT2D eigenvalue weighted by atomic mass is 9.97. The zero-order valence-corrected chi connectivity index (χ0v) is 10.6. The zero-order chi connectivity index (χ0) is 14.2. The van der Waals surface area contributed by atoms with E-state index in [2.05, 4.69) is 0 Å². The fraction of sp³-hybridized carbons (Fsp3) is 0.538. The molecular formula is C13H17F3N2O. The Hall–Kier alpha value is -1.27. The standard InChI is InChI=1S/C13H17F3N2O/c1-18-7-8(6-17)4-11(18)10-5-9(13(14,15)16)2-3-12(10)19/h2-3,5,8,11,19H,4,6-7,17H2,1H3. The maximum Gasteiger partial charge on any atom is 0.416 e. The first-order valence-corrected chi connectivity index (χ1v) is 6.13. The van der Waals surface area contributed by atoms with Crippen LogP contribution in [0.5, 0.6) is 5.75 Å². The Kier molecular flexibility index (Phi) is 3.73. The van der Waals surface area contributed by atoms with Gasteiger partial charge in [-0.3, -0.25) is 4.90 Å². The molecule has 1 heterocycles. The monoisotopic (exact) mass is 274 g/mol. The van der Waals surface area contributed by atoms with E-state index >= 15 is 0 Å². The number of nitrogens with two attached hydrogens (primary N) is 1. The molecule has 1 aromatic carbocycles. The summed E-state index contributed by atoms with van der Waals surface area (Å²) < 4.78 is 38.1. The number of phenols is 1. The summed E-state index contributed by atoms with van der Waals surface area (Å²) in [6.45, 7) is 1.23. The van der Waals surface area contributed by atoms with Gasteiger partial charge < -0.3 is 10.8 Å². The van der Waals surface area contributed by atoms with E-state index in [4.69, 9.17) is 5.73 Å². The van der Waals surface area contributed by atoms with Gasteiger partial charge in [0.1, 0.15) is 5.75 Å². The largest absolute Gasteiger partial charge is 0.508 e. The van der Waals surface area contributed by atoms with Crippen molar-refractivity contribution in [2.75, 3.05) is 20.1 Å². The SMILES string of the molecule is CN1CC(CN)CC1c1cc(C(F)(F)F)ccc1O. The summed E-state index contributed by atoms with van der Waals surface area (Å²) in [7, 11) is 1.83. The van der Waals surface area contributed by atoms with Gasteiger partial charge >= 0.3 is 6.18 Å². The average Bonchev–Trinajstić information content (AvgIpc) is 2.69. The molecule has 6 heteroatoms. The van der Waals surface area contributed by atoms with Gasteiger partial charge in [-0.25, -0.2) is 0 Å². The quantitative estimate of drug-likeness (QED) is 0.870. The van der Waals surface area contributed by atoms with Crippen LogP contribution in [-0.2, 0) is 6.18 Å². The number of phenolic OH excluding ortho intramolecular Hbond substituents is 1. The molecule has 1 aliphatic rings. The fourth-order valence-electron chi connectivity index (χ4n) is 2.64. The van der Waals surface area contributed by atoms with Gasteiger partial charge in [-0.2, -0.15) is 13.2 Å². The molecule has 0 radical (unpaired) electrons. The summed E-state index contributed by atoms with van der Waals surface area (Å²) in [5, 5.41) is 9.81. The van der Waals surface area contributed by atoms with Gasteiger partial charge in [0.2, 0.25) is 0 Å². The van der Waals surface area contributed by atoms with Crippen LogP contribution < -0.4 is 5.73 Å². The highest BCUT2D eigenvalue weighted by molar-refractivity contribution is 5.40. The normalized spacial score (nSPS) is 24.9. The zero-order valence-electron chi connectivity index (χ0n) is 10.6. The number of likely N-dealkylation sites (tertiary alicyclic amines) is 1. The molecule has 0 bridgehead atoms. The third-order valence-electron chi connectivity index (χ3n) is 3.68. The minimum absolute atomic E-state index is 0.0949. The molecule has 1 fully saturated rings. The predicted molar refractivity (Wildman–Crippen MR) is 65.6 cm³/mol.